The van der Waals surface area contributed by atoms with Crippen molar-refractivity contribution in [2.24, 2.45) is 5.73 Å². The van der Waals surface area contributed by atoms with Gasteiger partial charge in [-0.05, 0) is 24.1 Å². The fraction of sp³-hybridized carbons (Fsp3) is 0.357. The number of phenols is 1. The van der Waals surface area contributed by atoms with Gasteiger partial charge in [-0.1, -0.05) is 37.3 Å². The van der Waals surface area contributed by atoms with Crippen molar-refractivity contribution in [3.05, 3.63) is 40.7 Å². The van der Waals surface area contributed by atoms with Crippen molar-refractivity contribution in [2.75, 3.05) is 0 Å². The highest BCUT2D eigenvalue weighted by Crippen LogP contribution is 2.24. The molecular weight excluding hydrogens is 286 g/mol. The summed E-state index contributed by atoms with van der Waals surface area (Å²) in [5, 5.41) is 23.0. The Kier molecular flexibility index (Phi) is 3.60. The molecule has 3 rings (SSSR count). The highest BCUT2D eigenvalue weighted by atomic mass is 32.1. The van der Waals surface area contributed by atoms with Gasteiger partial charge in [-0.25, -0.2) is 0 Å². The molecule has 3 aromatic rings. The Morgan fingerprint density at radius 3 is 2.62 bits per heavy atom. The third kappa shape index (κ3) is 2.74. The van der Waals surface area contributed by atoms with E-state index in [0.717, 1.165) is 21.4 Å². The molecule has 0 spiro atoms. The van der Waals surface area contributed by atoms with Gasteiger partial charge in [0.1, 0.15) is 10.8 Å². The highest BCUT2D eigenvalue weighted by Gasteiger charge is 2.18. The van der Waals surface area contributed by atoms with Gasteiger partial charge >= 0.3 is 0 Å². The summed E-state index contributed by atoms with van der Waals surface area (Å²) >= 11 is 1.47. The predicted molar refractivity (Wildman–Crippen MR) is 81.5 cm³/mol. The lowest BCUT2D eigenvalue weighted by atomic mass is 10.1. The molecule has 0 saturated carbocycles. The maximum atomic E-state index is 9.30. The molecule has 2 heterocycles. The molecule has 21 heavy (non-hydrogen) atoms. The SMILES string of the molecule is CC(C)c1nnc2sc(C(N)Cc3ccc(O)cc3)nn12. The van der Waals surface area contributed by atoms with Crippen molar-refractivity contribution in [1.82, 2.24) is 19.8 Å². The highest BCUT2D eigenvalue weighted by molar-refractivity contribution is 7.16. The molecule has 0 bridgehead atoms. The summed E-state index contributed by atoms with van der Waals surface area (Å²) in [5.41, 5.74) is 7.30. The molecule has 0 saturated heterocycles. The number of rotatable bonds is 4. The van der Waals surface area contributed by atoms with E-state index in [1.54, 1.807) is 16.6 Å². The normalized spacial score (nSPS) is 13.1. The van der Waals surface area contributed by atoms with Crippen LogP contribution in [-0.2, 0) is 6.42 Å². The van der Waals surface area contributed by atoms with Crippen LogP contribution in [0.3, 0.4) is 0 Å². The molecule has 110 valence electrons. The number of hydrogen-bond donors (Lipinski definition) is 2. The maximum Gasteiger partial charge on any atom is 0.234 e. The van der Waals surface area contributed by atoms with Crippen LogP contribution in [0.25, 0.3) is 4.96 Å². The molecule has 0 amide bonds. The Hall–Kier alpha value is -1.99. The summed E-state index contributed by atoms with van der Waals surface area (Å²) in [4.78, 5) is 0.773. The van der Waals surface area contributed by atoms with Crippen molar-refractivity contribution in [3.8, 4) is 5.75 Å². The van der Waals surface area contributed by atoms with Crippen LogP contribution < -0.4 is 5.73 Å². The van der Waals surface area contributed by atoms with Crippen LogP contribution >= 0.6 is 11.3 Å². The second kappa shape index (κ2) is 5.42. The molecule has 3 N–H and O–H groups in total. The van der Waals surface area contributed by atoms with Crippen LogP contribution in [0.2, 0.25) is 0 Å². The number of benzene rings is 1. The Labute approximate surface area is 126 Å². The molecule has 6 nitrogen and oxygen atoms in total. The van der Waals surface area contributed by atoms with E-state index in [1.807, 2.05) is 12.1 Å². The van der Waals surface area contributed by atoms with Crippen LogP contribution in [0.1, 0.15) is 42.2 Å². The third-order valence-corrected chi connectivity index (χ3v) is 4.29. The van der Waals surface area contributed by atoms with E-state index in [0.29, 0.717) is 6.42 Å². The molecule has 0 aliphatic rings. The molecule has 0 aliphatic carbocycles. The fourth-order valence-corrected chi connectivity index (χ4v) is 2.98. The fourth-order valence-electron chi connectivity index (χ4n) is 2.13. The number of nitrogens with zero attached hydrogens (tertiary/aromatic N) is 4. The predicted octanol–water partition coefficient (Wildman–Crippen LogP) is 2.26. The lowest BCUT2D eigenvalue weighted by molar-refractivity contribution is 0.475. The summed E-state index contributed by atoms with van der Waals surface area (Å²) in [6.45, 7) is 4.12. The number of fused-ring (bicyclic) bond motifs is 1. The quantitative estimate of drug-likeness (QED) is 0.771. The smallest absolute Gasteiger partial charge is 0.234 e. The van der Waals surface area contributed by atoms with Crippen LogP contribution in [0.4, 0.5) is 0 Å². The average Bonchev–Trinajstić information content (AvgIpc) is 3.00. The third-order valence-electron chi connectivity index (χ3n) is 3.26. The first kappa shape index (κ1) is 14.0. The van der Waals surface area contributed by atoms with E-state index in [9.17, 15) is 5.11 Å². The van der Waals surface area contributed by atoms with Crippen molar-refractivity contribution in [1.29, 1.82) is 0 Å². The van der Waals surface area contributed by atoms with E-state index >= 15 is 0 Å². The number of aromatic nitrogens is 4. The Balaban J connectivity index is 1.84. The van der Waals surface area contributed by atoms with E-state index in [1.165, 1.54) is 11.3 Å². The first-order valence-electron chi connectivity index (χ1n) is 6.80. The molecule has 1 aromatic carbocycles. The maximum absolute atomic E-state index is 9.30. The number of nitrogens with two attached hydrogens (primary N) is 1. The van der Waals surface area contributed by atoms with Gasteiger partial charge in [0.15, 0.2) is 5.82 Å². The minimum Gasteiger partial charge on any atom is -0.508 e. The number of aromatic hydroxyl groups is 1. The minimum atomic E-state index is -0.193. The lowest BCUT2D eigenvalue weighted by Crippen LogP contribution is -2.13. The van der Waals surface area contributed by atoms with E-state index in [4.69, 9.17) is 5.73 Å². The second-order valence-electron chi connectivity index (χ2n) is 5.32. The summed E-state index contributed by atoms with van der Waals surface area (Å²) in [6, 6.07) is 6.88. The number of hydrogen-bond acceptors (Lipinski definition) is 6. The minimum absolute atomic E-state index is 0.193. The van der Waals surface area contributed by atoms with Crippen molar-refractivity contribution >= 4 is 16.3 Å². The zero-order chi connectivity index (χ0) is 15.0. The van der Waals surface area contributed by atoms with Gasteiger partial charge in [0.25, 0.3) is 0 Å². The molecule has 1 atom stereocenters. The van der Waals surface area contributed by atoms with Crippen molar-refractivity contribution in [2.45, 2.75) is 32.2 Å². The Morgan fingerprint density at radius 2 is 1.95 bits per heavy atom. The van der Waals surface area contributed by atoms with Gasteiger partial charge in [-0.3, -0.25) is 0 Å². The van der Waals surface area contributed by atoms with Gasteiger partial charge in [-0.15, -0.1) is 10.2 Å². The average molecular weight is 303 g/mol. The molecule has 0 aliphatic heterocycles. The molecular formula is C14H17N5OS. The van der Waals surface area contributed by atoms with Gasteiger partial charge in [-0.2, -0.15) is 9.61 Å². The molecule has 7 heteroatoms. The summed E-state index contributed by atoms with van der Waals surface area (Å²) in [5.74, 6) is 1.38. The van der Waals surface area contributed by atoms with Gasteiger partial charge in [0.2, 0.25) is 4.96 Å². The van der Waals surface area contributed by atoms with E-state index in [2.05, 4.69) is 29.1 Å². The van der Waals surface area contributed by atoms with Gasteiger partial charge in [0.05, 0.1) is 6.04 Å². The Morgan fingerprint density at radius 1 is 1.24 bits per heavy atom. The standard InChI is InChI=1S/C14H17N5OS/c1-8(2)12-16-17-14-19(12)18-13(21-14)11(15)7-9-3-5-10(20)6-4-9/h3-6,8,11,20H,7,15H2,1-2H3. The topological polar surface area (TPSA) is 89.3 Å². The summed E-state index contributed by atoms with van der Waals surface area (Å²) < 4.78 is 1.78. The first-order valence-corrected chi connectivity index (χ1v) is 7.61. The van der Waals surface area contributed by atoms with Gasteiger partial charge < -0.3 is 10.8 Å². The van der Waals surface area contributed by atoms with E-state index < -0.39 is 0 Å². The monoisotopic (exact) mass is 303 g/mol. The second-order valence-corrected chi connectivity index (χ2v) is 6.31. The molecule has 0 radical (unpaired) electrons. The zero-order valence-electron chi connectivity index (χ0n) is 11.9. The zero-order valence-corrected chi connectivity index (χ0v) is 12.7. The van der Waals surface area contributed by atoms with Crippen LogP contribution in [0.15, 0.2) is 24.3 Å². The number of phenolic OH excluding ortho intramolecular Hbond substituents is 1. The lowest BCUT2D eigenvalue weighted by Gasteiger charge is -2.08. The molecule has 0 fully saturated rings. The van der Waals surface area contributed by atoms with Crippen LogP contribution in [0.5, 0.6) is 5.75 Å². The summed E-state index contributed by atoms with van der Waals surface area (Å²) in [7, 11) is 0. The largest absolute Gasteiger partial charge is 0.508 e. The van der Waals surface area contributed by atoms with Crippen LogP contribution in [-0.4, -0.2) is 24.9 Å². The van der Waals surface area contributed by atoms with E-state index in [-0.39, 0.29) is 17.7 Å². The Bertz CT molecular complexity index is 746. The molecule has 1 unspecified atom stereocenters. The van der Waals surface area contributed by atoms with Crippen molar-refractivity contribution in [3.63, 3.8) is 0 Å². The van der Waals surface area contributed by atoms with Crippen molar-refractivity contribution < 1.29 is 5.11 Å². The molecule has 2 aromatic heterocycles. The first-order chi connectivity index (χ1) is 10.0. The van der Waals surface area contributed by atoms with Crippen LogP contribution in [0, 0.1) is 0 Å². The summed E-state index contributed by atoms with van der Waals surface area (Å²) in [6.07, 6.45) is 0.668. The van der Waals surface area contributed by atoms with Gasteiger partial charge in [0, 0.05) is 5.92 Å².